The van der Waals surface area contributed by atoms with E-state index in [1.807, 2.05) is 13.8 Å². The summed E-state index contributed by atoms with van der Waals surface area (Å²) >= 11 is 0. The number of carbonyl (C=O) groups is 2. The first-order valence-electron chi connectivity index (χ1n) is 9.35. The van der Waals surface area contributed by atoms with Crippen LogP contribution in [0.25, 0.3) is 5.57 Å². The van der Waals surface area contributed by atoms with Crippen molar-refractivity contribution in [3.63, 3.8) is 0 Å². The number of primary amides is 1. The van der Waals surface area contributed by atoms with Crippen molar-refractivity contribution in [2.24, 2.45) is 11.7 Å². The van der Waals surface area contributed by atoms with Crippen molar-refractivity contribution in [2.45, 2.75) is 46.5 Å². The lowest BCUT2D eigenvalue weighted by molar-refractivity contribution is -0.126. The van der Waals surface area contributed by atoms with Crippen molar-refractivity contribution in [1.29, 1.82) is 0 Å². The number of nitrogens with zero attached hydrogens (tertiary/aromatic N) is 1. The fraction of sp³-hybridized carbons (Fsp3) is 0.455. The lowest BCUT2D eigenvalue weighted by atomic mass is 9.85. The largest absolute Gasteiger partial charge is 0.366 e. The van der Waals surface area contributed by atoms with Gasteiger partial charge in [0.1, 0.15) is 5.82 Å². The van der Waals surface area contributed by atoms with Crippen LogP contribution in [0.4, 0.5) is 4.39 Å². The zero-order valence-electron chi connectivity index (χ0n) is 16.1. The van der Waals surface area contributed by atoms with E-state index in [1.165, 1.54) is 6.07 Å². The van der Waals surface area contributed by atoms with Gasteiger partial charge >= 0.3 is 0 Å². The first-order chi connectivity index (χ1) is 12.8. The topological polar surface area (TPSA) is 63.4 Å². The highest BCUT2D eigenvalue weighted by Crippen LogP contribution is 2.39. The third-order valence-corrected chi connectivity index (χ3v) is 5.84. The summed E-state index contributed by atoms with van der Waals surface area (Å²) in [6, 6.07) is 1.30. The second kappa shape index (κ2) is 7.56. The molecule has 1 heterocycles. The molecule has 2 aliphatic rings. The molecule has 142 valence electrons. The molecule has 1 aliphatic heterocycles. The Balaban J connectivity index is 1.85. The summed E-state index contributed by atoms with van der Waals surface area (Å²) in [6.45, 7) is 6.95. The van der Waals surface area contributed by atoms with E-state index < -0.39 is 5.91 Å². The molecule has 0 unspecified atom stereocenters. The normalized spacial score (nSPS) is 16.8. The van der Waals surface area contributed by atoms with Crippen molar-refractivity contribution in [3.05, 3.63) is 39.7 Å². The molecule has 2 amide bonds. The molecule has 1 aliphatic carbocycles. The number of likely N-dealkylation sites (tertiary alicyclic amines) is 1. The number of rotatable bonds is 3. The van der Waals surface area contributed by atoms with Crippen molar-refractivity contribution in [1.82, 2.24) is 4.90 Å². The second-order valence-corrected chi connectivity index (χ2v) is 7.50. The number of fused-ring (bicyclic) bond motifs is 1. The molecule has 27 heavy (non-hydrogen) atoms. The molecule has 1 aromatic rings. The molecule has 1 fully saturated rings. The molecule has 0 bridgehead atoms. The van der Waals surface area contributed by atoms with Crippen molar-refractivity contribution in [3.8, 4) is 11.8 Å². The summed E-state index contributed by atoms with van der Waals surface area (Å²) in [7, 11) is 0. The Morgan fingerprint density at radius 2 is 1.96 bits per heavy atom. The van der Waals surface area contributed by atoms with Gasteiger partial charge in [-0.05, 0) is 86.6 Å². The van der Waals surface area contributed by atoms with E-state index in [4.69, 9.17) is 5.73 Å². The second-order valence-electron chi connectivity index (χ2n) is 7.50. The van der Waals surface area contributed by atoms with Crippen LogP contribution in [0, 0.1) is 23.6 Å². The number of allylic oxidation sites excluding steroid dienone is 2. The molecule has 1 aromatic carbocycles. The van der Waals surface area contributed by atoms with Crippen LogP contribution in [0.15, 0.2) is 11.6 Å². The Hall–Kier alpha value is -2.61. The first kappa shape index (κ1) is 19.2. The fourth-order valence-corrected chi connectivity index (χ4v) is 4.22. The number of piperidine rings is 1. The fourth-order valence-electron chi connectivity index (χ4n) is 4.22. The first-order valence-corrected chi connectivity index (χ1v) is 9.35. The molecule has 0 spiro atoms. The molecule has 3 rings (SSSR count). The maximum Gasteiger partial charge on any atom is 0.298 e. The smallest absolute Gasteiger partial charge is 0.298 e. The minimum absolute atomic E-state index is 0.136. The number of carbonyl (C=O) groups excluding carboxylic acids is 2. The van der Waals surface area contributed by atoms with Gasteiger partial charge in [0, 0.05) is 18.7 Å². The van der Waals surface area contributed by atoms with Crippen LogP contribution < -0.4 is 5.73 Å². The Morgan fingerprint density at radius 1 is 1.30 bits per heavy atom. The van der Waals surface area contributed by atoms with Gasteiger partial charge in [0.2, 0.25) is 5.91 Å². The van der Waals surface area contributed by atoms with Crippen LogP contribution in [0.1, 0.15) is 60.7 Å². The maximum absolute atomic E-state index is 14.9. The van der Waals surface area contributed by atoms with Crippen LogP contribution in [-0.4, -0.2) is 29.8 Å². The van der Waals surface area contributed by atoms with E-state index in [9.17, 15) is 14.0 Å². The predicted octanol–water partition coefficient (Wildman–Crippen LogP) is 3.08. The van der Waals surface area contributed by atoms with Gasteiger partial charge in [0.05, 0.1) is 0 Å². The van der Waals surface area contributed by atoms with Gasteiger partial charge in [-0.2, -0.15) is 0 Å². The minimum Gasteiger partial charge on any atom is -0.366 e. The molecule has 2 N–H and O–H groups in total. The Kier molecular flexibility index (Phi) is 5.36. The number of nitrogens with two attached hydrogens (primary N) is 1. The van der Waals surface area contributed by atoms with Gasteiger partial charge in [-0.1, -0.05) is 11.5 Å². The highest BCUT2D eigenvalue weighted by atomic mass is 19.1. The highest BCUT2D eigenvalue weighted by molar-refractivity contribution is 5.97. The molecule has 0 saturated carbocycles. The van der Waals surface area contributed by atoms with Crippen molar-refractivity contribution in [2.75, 3.05) is 13.1 Å². The summed E-state index contributed by atoms with van der Waals surface area (Å²) in [5.74, 6) is 4.45. The third-order valence-electron chi connectivity index (χ3n) is 5.84. The quantitative estimate of drug-likeness (QED) is 0.834. The SMILES string of the molecule is CC#CC(=O)N1CCC(Cc2c(F)cc(C(N)=O)c3c2C(C)=C(C)C3)CC1. The molecule has 0 aromatic heterocycles. The van der Waals surface area contributed by atoms with Crippen LogP contribution in [0.5, 0.6) is 0 Å². The van der Waals surface area contributed by atoms with Gasteiger partial charge in [-0.25, -0.2) is 4.39 Å². The van der Waals surface area contributed by atoms with E-state index in [-0.39, 0.29) is 11.7 Å². The summed E-state index contributed by atoms with van der Waals surface area (Å²) in [4.78, 5) is 25.4. The molecule has 5 heteroatoms. The third kappa shape index (κ3) is 3.62. The summed E-state index contributed by atoms with van der Waals surface area (Å²) < 4.78 is 14.9. The minimum atomic E-state index is -0.581. The van der Waals surface area contributed by atoms with E-state index in [0.717, 1.165) is 35.1 Å². The van der Waals surface area contributed by atoms with Gasteiger partial charge in [0.15, 0.2) is 0 Å². The standard InChI is InChI=1S/C22H25FN2O2/c1-4-5-20(26)25-8-6-15(7-9-25)11-18-19(23)12-17(22(24)27)16-10-13(2)14(3)21(16)18/h12,15H,6-11H2,1-3H3,(H2,24,27). The molecular formula is C22H25FN2O2. The lowest BCUT2D eigenvalue weighted by Crippen LogP contribution is -2.38. The van der Waals surface area contributed by atoms with E-state index >= 15 is 0 Å². The lowest BCUT2D eigenvalue weighted by Gasteiger charge is -2.31. The zero-order valence-corrected chi connectivity index (χ0v) is 16.1. The number of amides is 2. The van der Waals surface area contributed by atoms with Crippen LogP contribution in [0.3, 0.4) is 0 Å². The number of hydrogen-bond donors (Lipinski definition) is 1. The van der Waals surface area contributed by atoms with E-state index in [0.29, 0.717) is 43.0 Å². The monoisotopic (exact) mass is 368 g/mol. The van der Waals surface area contributed by atoms with Crippen LogP contribution in [-0.2, 0) is 17.6 Å². The number of halogens is 1. The van der Waals surface area contributed by atoms with Crippen molar-refractivity contribution < 1.29 is 14.0 Å². The summed E-state index contributed by atoms with van der Waals surface area (Å²) in [5, 5.41) is 0. The van der Waals surface area contributed by atoms with Crippen LogP contribution in [0.2, 0.25) is 0 Å². The van der Waals surface area contributed by atoms with Gasteiger partial charge in [-0.15, -0.1) is 0 Å². The van der Waals surface area contributed by atoms with Crippen molar-refractivity contribution >= 4 is 17.4 Å². The van der Waals surface area contributed by atoms with E-state index in [1.54, 1.807) is 11.8 Å². The van der Waals surface area contributed by atoms with Gasteiger partial charge in [-0.3, -0.25) is 9.59 Å². The Labute approximate surface area is 159 Å². The summed E-state index contributed by atoms with van der Waals surface area (Å²) in [5.41, 5.74) is 10.4. The Morgan fingerprint density at radius 3 is 2.56 bits per heavy atom. The number of hydrogen-bond acceptors (Lipinski definition) is 2. The molecule has 1 saturated heterocycles. The highest BCUT2D eigenvalue weighted by Gasteiger charge is 2.29. The van der Waals surface area contributed by atoms with Gasteiger partial charge in [0.25, 0.3) is 5.91 Å². The van der Waals surface area contributed by atoms with Crippen LogP contribution >= 0.6 is 0 Å². The predicted molar refractivity (Wildman–Crippen MR) is 103 cm³/mol. The molecular weight excluding hydrogens is 343 g/mol. The number of benzene rings is 1. The maximum atomic E-state index is 14.9. The Bertz CT molecular complexity index is 897. The summed E-state index contributed by atoms with van der Waals surface area (Å²) in [6.07, 6.45) is 2.91. The molecule has 0 atom stereocenters. The average Bonchev–Trinajstić information content (AvgIpc) is 2.93. The average molecular weight is 368 g/mol. The molecule has 4 nitrogen and oxygen atoms in total. The zero-order chi connectivity index (χ0) is 19.7. The molecule has 0 radical (unpaired) electrons. The van der Waals surface area contributed by atoms with Gasteiger partial charge < -0.3 is 10.6 Å². The van der Waals surface area contributed by atoms with E-state index in [2.05, 4.69) is 11.8 Å².